The lowest BCUT2D eigenvalue weighted by molar-refractivity contribution is 0.100. The molecule has 0 atom stereocenters. The lowest BCUT2D eigenvalue weighted by Crippen LogP contribution is -2.07. The highest BCUT2D eigenvalue weighted by Gasteiger charge is 2.15. The van der Waals surface area contributed by atoms with E-state index in [1.807, 2.05) is 0 Å². The molecule has 0 spiro atoms. The van der Waals surface area contributed by atoms with Crippen molar-refractivity contribution in [3.05, 3.63) is 34.7 Å². The summed E-state index contributed by atoms with van der Waals surface area (Å²) in [6, 6.07) is 6.67. The van der Waals surface area contributed by atoms with Crippen molar-refractivity contribution in [2.75, 3.05) is 0 Å². The molecular weight excluding hydrogens is 261 g/mol. The molecule has 7 heteroatoms. The number of carbonyl (C=O) groups is 1. The van der Waals surface area contributed by atoms with Crippen molar-refractivity contribution in [3.63, 3.8) is 0 Å². The summed E-state index contributed by atoms with van der Waals surface area (Å²) < 4.78 is 11.7. The summed E-state index contributed by atoms with van der Waals surface area (Å²) in [6.07, 6.45) is -0.301. The number of thiophene rings is 1. The van der Waals surface area contributed by atoms with Gasteiger partial charge in [-0.25, -0.2) is 0 Å². The first-order valence-electron chi connectivity index (χ1n) is 4.72. The first-order valence-corrected chi connectivity index (χ1v) is 7.33. The molecule has 1 aromatic carbocycles. The van der Waals surface area contributed by atoms with E-state index in [1.54, 1.807) is 24.3 Å². The van der Waals surface area contributed by atoms with E-state index in [9.17, 15) is 9.36 Å². The minimum absolute atomic E-state index is 0.301. The van der Waals surface area contributed by atoms with E-state index in [-0.39, 0.29) is 6.16 Å². The highest BCUT2D eigenvalue weighted by Crippen LogP contribution is 2.40. The highest BCUT2D eigenvalue weighted by molar-refractivity contribution is 7.50. The third kappa shape index (κ3) is 2.92. The number of hydrogen-bond donors (Lipinski definition) is 3. The minimum Gasteiger partial charge on any atom is -0.365 e. The maximum atomic E-state index is 11.0. The molecule has 0 saturated heterocycles. The SMILES string of the molecule is NC(=O)c1cc2cc(CP(=O)(O)O)ccc2s1. The molecule has 0 radical (unpaired) electrons. The maximum absolute atomic E-state index is 11.0. The van der Waals surface area contributed by atoms with Crippen molar-refractivity contribution < 1.29 is 19.1 Å². The summed E-state index contributed by atoms with van der Waals surface area (Å²) in [5, 5.41) is 0.773. The van der Waals surface area contributed by atoms with Crippen molar-refractivity contribution in [3.8, 4) is 0 Å². The molecule has 0 aliphatic carbocycles. The zero-order chi connectivity index (χ0) is 12.6. The summed E-state index contributed by atoms with van der Waals surface area (Å²) >= 11 is 1.26. The topological polar surface area (TPSA) is 101 Å². The summed E-state index contributed by atoms with van der Waals surface area (Å²) in [4.78, 5) is 29.2. The largest absolute Gasteiger partial charge is 0.365 e. The first-order chi connectivity index (χ1) is 7.85. The Balaban J connectivity index is 2.43. The number of hydrogen-bond acceptors (Lipinski definition) is 3. The molecule has 1 aromatic heterocycles. The molecule has 5 nitrogen and oxygen atoms in total. The number of nitrogens with two attached hydrogens (primary N) is 1. The van der Waals surface area contributed by atoms with Crippen molar-refractivity contribution in [1.82, 2.24) is 0 Å². The Morgan fingerprint density at radius 2 is 2.06 bits per heavy atom. The zero-order valence-corrected chi connectivity index (χ0v) is 10.4. The van der Waals surface area contributed by atoms with Crippen LogP contribution in [0.3, 0.4) is 0 Å². The van der Waals surface area contributed by atoms with Gasteiger partial charge in [0.05, 0.1) is 11.0 Å². The molecule has 0 aliphatic heterocycles. The van der Waals surface area contributed by atoms with Gasteiger partial charge in [0, 0.05) is 4.70 Å². The van der Waals surface area contributed by atoms with Gasteiger partial charge in [-0.05, 0) is 29.1 Å². The average Bonchev–Trinajstić information content (AvgIpc) is 2.57. The number of rotatable bonds is 3. The molecule has 2 rings (SSSR count). The molecule has 0 fully saturated rings. The number of fused-ring (bicyclic) bond motifs is 1. The second-order valence-corrected chi connectivity index (χ2v) is 6.40. The number of primary amides is 1. The van der Waals surface area contributed by atoms with Crippen LogP contribution in [0.4, 0.5) is 0 Å². The molecule has 0 unspecified atom stereocenters. The zero-order valence-electron chi connectivity index (χ0n) is 8.66. The fourth-order valence-electron chi connectivity index (χ4n) is 1.55. The Hall–Kier alpha value is -1.20. The number of benzene rings is 1. The van der Waals surface area contributed by atoms with Gasteiger partial charge in [0.15, 0.2) is 0 Å². The summed E-state index contributed by atoms with van der Waals surface area (Å²) in [7, 11) is -4.07. The number of carbonyl (C=O) groups excluding carboxylic acids is 1. The van der Waals surface area contributed by atoms with Crippen LogP contribution in [-0.4, -0.2) is 15.7 Å². The van der Waals surface area contributed by atoms with Gasteiger partial charge in [0.2, 0.25) is 0 Å². The summed E-state index contributed by atoms with van der Waals surface area (Å²) in [5.74, 6) is -0.497. The van der Waals surface area contributed by atoms with Gasteiger partial charge in [-0.3, -0.25) is 9.36 Å². The lowest BCUT2D eigenvalue weighted by Gasteiger charge is -2.03. The molecule has 0 aliphatic rings. The smallest absolute Gasteiger partial charge is 0.329 e. The normalized spacial score (nSPS) is 11.9. The van der Waals surface area contributed by atoms with Gasteiger partial charge in [-0.2, -0.15) is 0 Å². The van der Waals surface area contributed by atoms with Crippen LogP contribution < -0.4 is 5.73 Å². The fourth-order valence-corrected chi connectivity index (χ4v) is 3.12. The van der Waals surface area contributed by atoms with Crippen LogP contribution >= 0.6 is 18.9 Å². The molecule has 2 aromatic rings. The molecule has 4 N–H and O–H groups in total. The van der Waals surface area contributed by atoms with Crippen molar-refractivity contribution in [2.24, 2.45) is 5.73 Å². The first kappa shape index (κ1) is 12.3. The van der Waals surface area contributed by atoms with Gasteiger partial charge < -0.3 is 15.5 Å². The van der Waals surface area contributed by atoms with E-state index in [0.717, 1.165) is 10.1 Å². The van der Waals surface area contributed by atoms with Crippen LogP contribution in [-0.2, 0) is 10.7 Å². The highest BCUT2D eigenvalue weighted by atomic mass is 32.1. The van der Waals surface area contributed by atoms with Crippen molar-refractivity contribution in [1.29, 1.82) is 0 Å². The van der Waals surface area contributed by atoms with Gasteiger partial charge in [-0.15, -0.1) is 11.3 Å². The van der Waals surface area contributed by atoms with E-state index in [0.29, 0.717) is 10.4 Å². The summed E-state index contributed by atoms with van der Waals surface area (Å²) in [6.45, 7) is 0. The molecule has 90 valence electrons. The standard InChI is InChI=1S/C10H10NO4PS/c11-10(12)9-4-7-3-6(5-16(13,14)15)1-2-8(7)17-9/h1-4H,5H2,(H2,11,12)(H2,13,14,15). The third-order valence-corrected chi connectivity index (χ3v) is 4.12. The number of amides is 1. The predicted octanol–water partition coefficient (Wildman–Crippen LogP) is 1.68. The molecule has 17 heavy (non-hydrogen) atoms. The van der Waals surface area contributed by atoms with Crippen LogP contribution in [0.15, 0.2) is 24.3 Å². The lowest BCUT2D eigenvalue weighted by atomic mass is 10.2. The molecule has 1 amide bonds. The Morgan fingerprint density at radius 3 is 2.65 bits per heavy atom. The third-order valence-electron chi connectivity index (χ3n) is 2.21. The monoisotopic (exact) mass is 271 g/mol. The van der Waals surface area contributed by atoms with E-state index < -0.39 is 13.5 Å². The van der Waals surface area contributed by atoms with Gasteiger partial charge >= 0.3 is 7.60 Å². The van der Waals surface area contributed by atoms with E-state index in [2.05, 4.69) is 0 Å². The maximum Gasteiger partial charge on any atom is 0.329 e. The minimum atomic E-state index is -4.07. The van der Waals surface area contributed by atoms with Crippen LogP contribution in [0.1, 0.15) is 15.2 Å². The molecule has 1 heterocycles. The fraction of sp³-hybridized carbons (Fsp3) is 0.100. The molecule has 0 bridgehead atoms. The van der Waals surface area contributed by atoms with Crippen LogP contribution in [0.2, 0.25) is 0 Å². The summed E-state index contributed by atoms with van der Waals surface area (Å²) in [5.41, 5.74) is 5.71. The van der Waals surface area contributed by atoms with E-state index in [4.69, 9.17) is 15.5 Å². The Bertz CT molecular complexity index is 630. The van der Waals surface area contributed by atoms with Crippen LogP contribution in [0.5, 0.6) is 0 Å². The Labute approximate surface area is 101 Å². The van der Waals surface area contributed by atoms with E-state index >= 15 is 0 Å². The van der Waals surface area contributed by atoms with E-state index in [1.165, 1.54) is 11.3 Å². The van der Waals surface area contributed by atoms with Crippen LogP contribution in [0.25, 0.3) is 10.1 Å². The second kappa shape index (κ2) is 4.23. The Kier molecular flexibility index (Phi) is 3.05. The predicted molar refractivity (Wildman–Crippen MR) is 66.1 cm³/mol. The van der Waals surface area contributed by atoms with Gasteiger partial charge in [0.1, 0.15) is 0 Å². The molecular formula is C10H10NO4PS. The van der Waals surface area contributed by atoms with Crippen LogP contribution in [0, 0.1) is 0 Å². The van der Waals surface area contributed by atoms with Gasteiger partial charge in [0.25, 0.3) is 5.91 Å². The quantitative estimate of drug-likeness (QED) is 0.739. The second-order valence-electron chi connectivity index (χ2n) is 3.67. The van der Waals surface area contributed by atoms with Gasteiger partial charge in [-0.1, -0.05) is 6.07 Å². The molecule has 0 saturated carbocycles. The van der Waals surface area contributed by atoms with Crippen molar-refractivity contribution in [2.45, 2.75) is 6.16 Å². The average molecular weight is 271 g/mol. The Morgan fingerprint density at radius 1 is 1.35 bits per heavy atom. The van der Waals surface area contributed by atoms with Crippen molar-refractivity contribution >= 4 is 34.9 Å².